The number of amides is 1. The summed E-state index contributed by atoms with van der Waals surface area (Å²) in [6.45, 7) is 0. The fraction of sp³-hybridized carbons (Fsp3) is 0.474. The summed E-state index contributed by atoms with van der Waals surface area (Å²) in [7, 11) is 0. The van der Waals surface area contributed by atoms with Gasteiger partial charge in [-0.25, -0.2) is 9.67 Å². The van der Waals surface area contributed by atoms with Crippen LogP contribution in [0.3, 0.4) is 0 Å². The van der Waals surface area contributed by atoms with E-state index in [1.54, 1.807) is 0 Å². The molecule has 0 bridgehead atoms. The maximum atomic E-state index is 13.1. The molecule has 0 spiro atoms. The summed E-state index contributed by atoms with van der Waals surface area (Å²) in [6, 6.07) is 2.89. The van der Waals surface area contributed by atoms with Crippen LogP contribution in [0.25, 0.3) is 5.69 Å². The second kappa shape index (κ2) is 8.22. The van der Waals surface area contributed by atoms with Crippen molar-refractivity contribution in [3.05, 3.63) is 36.4 Å². The summed E-state index contributed by atoms with van der Waals surface area (Å²) in [5.74, 6) is -1.69. The fourth-order valence-electron chi connectivity index (χ4n) is 3.72. The number of rotatable bonds is 5. The van der Waals surface area contributed by atoms with Gasteiger partial charge in [0.1, 0.15) is 12.7 Å². The van der Waals surface area contributed by atoms with E-state index < -0.39 is 29.0 Å². The van der Waals surface area contributed by atoms with Crippen LogP contribution in [-0.2, 0) is 15.8 Å². The van der Waals surface area contributed by atoms with Crippen LogP contribution < -0.4 is 5.32 Å². The maximum Gasteiger partial charge on any atom is 0.416 e. The molecule has 1 aromatic heterocycles. The van der Waals surface area contributed by atoms with Crippen molar-refractivity contribution in [3.63, 3.8) is 0 Å². The molecule has 1 aliphatic rings. The first-order valence-corrected chi connectivity index (χ1v) is 9.31. The fourth-order valence-corrected chi connectivity index (χ4v) is 3.72. The maximum absolute atomic E-state index is 13.1. The van der Waals surface area contributed by atoms with Crippen LogP contribution in [0.15, 0.2) is 30.9 Å². The Labute approximate surface area is 164 Å². The van der Waals surface area contributed by atoms with Gasteiger partial charge in [-0.1, -0.05) is 25.7 Å². The largest absolute Gasteiger partial charge is 0.481 e. The summed E-state index contributed by atoms with van der Waals surface area (Å²) in [6.07, 6.45) is 1.57. The summed E-state index contributed by atoms with van der Waals surface area (Å²) in [5, 5.41) is 16.1. The minimum absolute atomic E-state index is 0.107. The summed E-state index contributed by atoms with van der Waals surface area (Å²) in [5.41, 5.74) is -2.03. The zero-order valence-corrected chi connectivity index (χ0v) is 15.6. The highest BCUT2D eigenvalue weighted by Crippen LogP contribution is 2.39. The number of hydrogen-bond donors (Lipinski definition) is 2. The van der Waals surface area contributed by atoms with E-state index in [-0.39, 0.29) is 17.8 Å². The third-order valence-electron chi connectivity index (χ3n) is 5.28. The highest BCUT2D eigenvalue weighted by atomic mass is 19.4. The van der Waals surface area contributed by atoms with Crippen LogP contribution in [0.5, 0.6) is 0 Å². The van der Waals surface area contributed by atoms with Crippen molar-refractivity contribution >= 4 is 17.6 Å². The molecule has 0 radical (unpaired) electrons. The van der Waals surface area contributed by atoms with Gasteiger partial charge in [-0.3, -0.25) is 9.59 Å². The van der Waals surface area contributed by atoms with Crippen molar-refractivity contribution in [1.82, 2.24) is 14.8 Å². The number of carboxylic acids is 1. The van der Waals surface area contributed by atoms with Gasteiger partial charge in [0.05, 0.1) is 22.4 Å². The lowest BCUT2D eigenvalue weighted by Crippen LogP contribution is -2.35. The highest BCUT2D eigenvalue weighted by Gasteiger charge is 2.41. The molecule has 2 N–H and O–H groups in total. The summed E-state index contributed by atoms with van der Waals surface area (Å²) >= 11 is 0. The number of anilines is 1. The number of nitrogens with one attached hydrogen (secondary N) is 1. The lowest BCUT2D eigenvalue weighted by Gasteiger charge is -2.27. The molecule has 1 aliphatic carbocycles. The number of halogens is 3. The normalized spacial score (nSPS) is 16.8. The highest BCUT2D eigenvalue weighted by molar-refractivity contribution is 5.96. The van der Waals surface area contributed by atoms with Crippen molar-refractivity contribution < 1.29 is 27.9 Å². The van der Waals surface area contributed by atoms with Crippen LogP contribution in [0.4, 0.5) is 18.9 Å². The van der Waals surface area contributed by atoms with Crippen molar-refractivity contribution in [2.24, 2.45) is 5.41 Å². The SMILES string of the molecule is O=C(CC1(C(=O)O)CCCCCC1)Nc1cc(C(F)(F)F)ccc1-n1cncn1. The second-order valence-corrected chi connectivity index (χ2v) is 7.29. The van der Waals surface area contributed by atoms with Gasteiger partial charge in [0.15, 0.2) is 0 Å². The number of carbonyl (C=O) groups is 2. The summed E-state index contributed by atoms with van der Waals surface area (Å²) in [4.78, 5) is 28.4. The zero-order valence-electron chi connectivity index (χ0n) is 15.6. The predicted molar refractivity (Wildman–Crippen MR) is 97.4 cm³/mol. The number of carboxylic acid groups (broad SMARTS) is 1. The first kappa shape index (κ1) is 20.8. The van der Waals surface area contributed by atoms with Crippen LogP contribution in [-0.4, -0.2) is 31.7 Å². The van der Waals surface area contributed by atoms with Crippen LogP contribution in [0, 0.1) is 5.41 Å². The van der Waals surface area contributed by atoms with Crippen molar-refractivity contribution in [3.8, 4) is 5.69 Å². The first-order valence-electron chi connectivity index (χ1n) is 9.31. The van der Waals surface area contributed by atoms with Gasteiger partial charge in [-0.2, -0.15) is 18.3 Å². The zero-order chi connectivity index (χ0) is 21.1. The number of nitrogens with zero attached hydrogens (tertiary/aromatic N) is 3. The Morgan fingerprint density at radius 1 is 1.17 bits per heavy atom. The molecule has 29 heavy (non-hydrogen) atoms. The predicted octanol–water partition coefficient (Wildman–Crippen LogP) is 4.04. The molecule has 156 valence electrons. The summed E-state index contributed by atoms with van der Waals surface area (Å²) < 4.78 is 40.6. The smallest absolute Gasteiger partial charge is 0.416 e. The van der Waals surface area contributed by atoms with E-state index in [9.17, 15) is 27.9 Å². The van der Waals surface area contributed by atoms with Gasteiger partial charge in [-0.15, -0.1) is 0 Å². The van der Waals surface area contributed by atoms with Gasteiger partial charge < -0.3 is 10.4 Å². The number of hydrogen-bond acceptors (Lipinski definition) is 4. The average Bonchev–Trinajstić information content (AvgIpc) is 3.07. The molecule has 1 saturated carbocycles. The Balaban J connectivity index is 1.89. The molecule has 0 atom stereocenters. The molecule has 1 fully saturated rings. The van der Waals surface area contributed by atoms with E-state index >= 15 is 0 Å². The molecule has 1 heterocycles. The molecular weight excluding hydrogens is 389 g/mol. The minimum atomic E-state index is -4.59. The average molecular weight is 410 g/mol. The molecule has 1 aromatic carbocycles. The topological polar surface area (TPSA) is 97.1 Å². The monoisotopic (exact) mass is 410 g/mol. The molecule has 0 aliphatic heterocycles. The van der Waals surface area contributed by atoms with Gasteiger partial charge in [-0.05, 0) is 31.0 Å². The Morgan fingerprint density at radius 3 is 2.41 bits per heavy atom. The molecule has 0 unspecified atom stereocenters. The van der Waals surface area contributed by atoms with E-state index in [0.29, 0.717) is 25.7 Å². The third kappa shape index (κ3) is 4.75. The van der Waals surface area contributed by atoms with Crippen LogP contribution in [0.2, 0.25) is 0 Å². The second-order valence-electron chi connectivity index (χ2n) is 7.29. The van der Waals surface area contributed by atoms with E-state index in [1.807, 2.05) is 0 Å². The van der Waals surface area contributed by atoms with Crippen LogP contribution in [0.1, 0.15) is 50.5 Å². The Hall–Kier alpha value is -2.91. The van der Waals surface area contributed by atoms with Crippen molar-refractivity contribution in [2.45, 2.75) is 51.1 Å². The molecule has 2 aromatic rings. The molecule has 0 saturated heterocycles. The molecule has 3 rings (SSSR count). The third-order valence-corrected chi connectivity index (χ3v) is 5.28. The van der Waals surface area contributed by atoms with E-state index in [1.165, 1.54) is 23.4 Å². The van der Waals surface area contributed by atoms with Gasteiger partial charge >= 0.3 is 12.1 Å². The van der Waals surface area contributed by atoms with Crippen molar-refractivity contribution in [1.29, 1.82) is 0 Å². The first-order chi connectivity index (χ1) is 13.7. The number of carbonyl (C=O) groups excluding carboxylic acids is 1. The lowest BCUT2D eigenvalue weighted by atomic mass is 9.77. The quantitative estimate of drug-likeness (QED) is 0.725. The molecular formula is C19H21F3N4O3. The lowest BCUT2D eigenvalue weighted by molar-refractivity contribution is -0.152. The molecule has 1 amide bonds. The number of aliphatic carboxylic acids is 1. The van der Waals surface area contributed by atoms with Gasteiger partial charge in [0.2, 0.25) is 5.91 Å². The number of benzene rings is 1. The standard InChI is InChI=1S/C19H21F3N4O3/c20-19(21,22)13-5-6-15(26-12-23-11-24-26)14(9-13)25-16(27)10-18(17(28)29)7-3-1-2-4-8-18/h5-6,9,11-12H,1-4,7-8,10H2,(H,25,27)(H,28,29). The number of aromatic nitrogens is 3. The van der Waals surface area contributed by atoms with Gasteiger partial charge in [0, 0.05) is 6.42 Å². The molecule has 10 heteroatoms. The Bertz CT molecular complexity index is 873. The van der Waals surface area contributed by atoms with Gasteiger partial charge in [0.25, 0.3) is 0 Å². The van der Waals surface area contributed by atoms with E-state index in [2.05, 4.69) is 15.4 Å². The Kier molecular flexibility index (Phi) is 5.90. The van der Waals surface area contributed by atoms with E-state index in [4.69, 9.17) is 0 Å². The van der Waals surface area contributed by atoms with Crippen LogP contribution >= 0.6 is 0 Å². The van der Waals surface area contributed by atoms with E-state index in [0.717, 1.165) is 25.0 Å². The Morgan fingerprint density at radius 2 is 1.86 bits per heavy atom. The minimum Gasteiger partial charge on any atom is -0.481 e. The van der Waals surface area contributed by atoms with Crippen molar-refractivity contribution in [2.75, 3.05) is 5.32 Å². The number of alkyl halides is 3. The molecule has 7 nitrogen and oxygen atoms in total.